The molecule has 3 rings (SSSR count). The fraction of sp³-hybridized carbons (Fsp3) is 0.278. The van der Waals surface area contributed by atoms with Crippen molar-refractivity contribution < 1.29 is 40.6 Å². The number of hydrogen-bond donors (Lipinski definition) is 2. The summed E-state index contributed by atoms with van der Waals surface area (Å²) in [6, 6.07) is 3.23. The molecule has 2 heterocycles. The normalized spacial score (nSPS) is 18.9. The minimum atomic E-state index is -4.71. The van der Waals surface area contributed by atoms with E-state index in [0.717, 1.165) is 18.2 Å². The molecule has 0 spiro atoms. The number of amides is 1. The number of carbonyl (C=O) groups is 1. The lowest BCUT2D eigenvalue weighted by Crippen LogP contribution is -2.45. The van der Waals surface area contributed by atoms with Gasteiger partial charge in [0.15, 0.2) is 5.54 Å². The van der Waals surface area contributed by atoms with Crippen molar-refractivity contribution in [1.82, 2.24) is 4.98 Å². The predicted molar refractivity (Wildman–Crippen MR) is 100 cm³/mol. The number of benzene rings is 1. The number of hydrogen-bond acceptors (Lipinski definition) is 6. The third-order valence-corrected chi connectivity index (χ3v) is 4.55. The topological polar surface area (TPSA) is 98.8 Å². The standard InChI is InChI=1S/C18H13ClF6N4O3/c19-11-3-8(18(23,24)25)5-27-14(11)32-16(30)28-9-1-2-12(20)10(4-9)17(15(21)22)7-31-6-13(26)29-17/h1-5,15H,6-7H2,(H2,26,29)(H,28,30)/t17-/m0/s1. The molecule has 0 radical (unpaired) electrons. The SMILES string of the molecule is NC1=N[C@@](c2cc(NC(=O)Oc3ncc(C(F)(F)F)cc3Cl)ccc2F)(C(F)F)COC1. The van der Waals surface area contributed by atoms with Gasteiger partial charge in [-0.2, -0.15) is 13.2 Å². The molecule has 0 saturated carbocycles. The average Bonchev–Trinajstić information content (AvgIpc) is 2.70. The van der Waals surface area contributed by atoms with Crippen LogP contribution in [0.25, 0.3) is 0 Å². The van der Waals surface area contributed by atoms with Gasteiger partial charge >= 0.3 is 12.3 Å². The summed E-state index contributed by atoms with van der Waals surface area (Å²) in [6.45, 7) is -0.873. The first-order valence-corrected chi connectivity index (χ1v) is 9.02. The van der Waals surface area contributed by atoms with E-state index in [1.54, 1.807) is 0 Å². The molecule has 0 fully saturated rings. The number of aliphatic imine (C=N–C) groups is 1. The molecular weight excluding hydrogens is 470 g/mol. The molecule has 3 N–H and O–H groups in total. The van der Waals surface area contributed by atoms with Crippen LogP contribution in [-0.2, 0) is 16.5 Å². The molecule has 14 heteroatoms. The smallest absolute Gasteiger partial charge is 0.389 e. The van der Waals surface area contributed by atoms with E-state index in [1.165, 1.54) is 0 Å². The van der Waals surface area contributed by atoms with Crippen molar-refractivity contribution in [2.75, 3.05) is 18.5 Å². The van der Waals surface area contributed by atoms with Crippen molar-refractivity contribution in [1.29, 1.82) is 0 Å². The summed E-state index contributed by atoms with van der Waals surface area (Å²) >= 11 is 5.66. The first-order valence-electron chi connectivity index (χ1n) is 8.64. The number of aromatic nitrogens is 1. The van der Waals surface area contributed by atoms with Crippen LogP contribution in [0.15, 0.2) is 35.5 Å². The van der Waals surface area contributed by atoms with Gasteiger partial charge in [-0.05, 0) is 24.3 Å². The highest BCUT2D eigenvalue weighted by Crippen LogP contribution is 2.38. The van der Waals surface area contributed by atoms with Crippen LogP contribution in [0.5, 0.6) is 5.88 Å². The highest BCUT2D eigenvalue weighted by atomic mass is 35.5. The lowest BCUT2D eigenvalue weighted by atomic mass is 9.90. The van der Waals surface area contributed by atoms with Crippen LogP contribution in [0.2, 0.25) is 5.02 Å². The van der Waals surface area contributed by atoms with E-state index in [-0.39, 0.29) is 18.1 Å². The largest absolute Gasteiger partial charge is 0.418 e. The molecule has 1 atom stereocenters. The zero-order valence-electron chi connectivity index (χ0n) is 15.7. The number of amidine groups is 1. The number of pyridine rings is 1. The molecular formula is C18H13ClF6N4O3. The fourth-order valence-corrected chi connectivity index (χ4v) is 3.03. The van der Waals surface area contributed by atoms with Gasteiger partial charge in [0, 0.05) is 17.4 Å². The molecule has 0 aliphatic carbocycles. The lowest BCUT2D eigenvalue weighted by Gasteiger charge is -2.33. The minimum Gasteiger partial charge on any atom is -0.389 e. The molecule has 1 aromatic carbocycles. The minimum absolute atomic E-state index is 0.186. The molecule has 1 amide bonds. The second kappa shape index (κ2) is 8.82. The quantitative estimate of drug-likeness (QED) is 0.631. The van der Waals surface area contributed by atoms with Gasteiger partial charge in [0.25, 0.3) is 6.43 Å². The van der Waals surface area contributed by atoms with E-state index in [9.17, 15) is 31.1 Å². The lowest BCUT2D eigenvalue weighted by molar-refractivity contribution is -0.137. The number of nitrogens with one attached hydrogen (secondary N) is 1. The first-order chi connectivity index (χ1) is 14.9. The molecule has 1 aliphatic rings. The molecule has 0 unspecified atom stereocenters. The molecule has 1 aliphatic heterocycles. The number of ether oxygens (including phenoxy) is 2. The molecule has 172 valence electrons. The van der Waals surface area contributed by atoms with Gasteiger partial charge in [0.1, 0.15) is 23.3 Å². The van der Waals surface area contributed by atoms with E-state index in [0.29, 0.717) is 12.3 Å². The van der Waals surface area contributed by atoms with Crippen LogP contribution < -0.4 is 15.8 Å². The highest BCUT2D eigenvalue weighted by Gasteiger charge is 2.46. The van der Waals surface area contributed by atoms with Crippen molar-refractivity contribution >= 4 is 29.2 Å². The maximum Gasteiger partial charge on any atom is 0.418 e. The Labute approximate surface area is 181 Å². The third kappa shape index (κ3) is 4.88. The summed E-state index contributed by atoms with van der Waals surface area (Å²) in [7, 11) is 0. The van der Waals surface area contributed by atoms with Crippen LogP contribution in [0, 0.1) is 5.82 Å². The van der Waals surface area contributed by atoms with Crippen molar-refractivity contribution in [2.45, 2.75) is 18.1 Å². The number of carbonyl (C=O) groups excluding carboxylic acids is 1. The van der Waals surface area contributed by atoms with E-state index in [4.69, 9.17) is 26.8 Å². The second-order valence-corrected chi connectivity index (χ2v) is 6.95. The summed E-state index contributed by atoms with van der Waals surface area (Å²) in [5, 5.41) is 1.52. The van der Waals surface area contributed by atoms with E-state index < -0.39 is 58.7 Å². The molecule has 1 aromatic heterocycles. The molecule has 7 nitrogen and oxygen atoms in total. The monoisotopic (exact) mass is 482 g/mol. The van der Waals surface area contributed by atoms with Crippen molar-refractivity contribution in [3.8, 4) is 5.88 Å². The zero-order valence-corrected chi connectivity index (χ0v) is 16.5. The van der Waals surface area contributed by atoms with Gasteiger partial charge in [0.05, 0.1) is 12.2 Å². The Morgan fingerprint density at radius 3 is 2.62 bits per heavy atom. The van der Waals surface area contributed by atoms with Crippen molar-refractivity contribution in [3.63, 3.8) is 0 Å². The summed E-state index contributed by atoms with van der Waals surface area (Å²) in [5.41, 5.74) is 1.10. The number of rotatable bonds is 4. The Bertz CT molecular complexity index is 1070. The number of halogens is 7. The number of nitrogens with zero attached hydrogens (tertiary/aromatic N) is 2. The summed E-state index contributed by atoms with van der Waals surface area (Å²) in [5.74, 6) is -1.96. The van der Waals surface area contributed by atoms with E-state index in [2.05, 4.69) is 15.3 Å². The third-order valence-electron chi connectivity index (χ3n) is 4.28. The van der Waals surface area contributed by atoms with Gasteiger partial charge < -0.3 is 15.2 Å². The fourth-order valence-electron chi connectivity index (χ4n) is 2.82. The van der Waals surface area contributed by atoms with E-state index in [1.807, 2.05) is 0 Å². The van der Waals surface area contributed by atoms with Crippen LogP contribution in [0.1, 0.15) is 11.1 Å². The van der Waals surface area contributed by atoms with E-state index >= 15 is 0 Å². The second-order valence-electron chi connectivity index (χ2n) is 6.54. The summed E-state index contributed by atoms with van der Waals surface area (Å²) < 4.78 is 89.8. The average molecular weight is 483 g/mol. The Kier molecular flexibility index (Phi) is 6.51. The summed E-state index contributed by atoms with van der Waals surface area (Å²) in [4.78, 5) is 19.1. The van der Waals surface area contributed by atoms with Gasteiger partial charge in [-0.15, -0.1) is 0 Å². The summed E-state index contributed by atoms with van der Waals surface area (Å²) in [6.07, 6.45) is -8.78. The predicted octanol–water partition coefficient (Wildman–Crippen LogP) is 4.35. The van der Waals surface area contributed by atoms with Crippen molar-refractivity contribution in [2.24, 2.45) is 10.7 Å². The Morgan fingerprint density at radius 2 is 2.03 bits per heavy atom. The maximum atomic E-state index is 14.4. The molecule has 0 saturated heterocycles. The maximum absolute atomic E-state index is 14.4. The van der Waals surface area contributed by atoms with Crippen molar-refractivity contribution in [3.05, 3.63) is 52.4 Å². The Morgan fingerprint density at radius 1 is 1.31 bits per heavy atom. The number of anilines is 1. The van der Waals surface area contributed by atoms with Crippen LogP contribution in [0.4, 0.5) is 36.8 Å². The van der Waals surface area contributed by atoms with Gasteiger partial charge in [-0.1, -0.05) is 11.6 Å². The Hall–Kier alpha value is -3.06. The van der Waals surface area contributed by atoms with Gasteiger partial charge in [-0.25, -0.2) is 22.9 Å². The molecule has 32 heavy (non-hydrogen) atoms. The van der Waals surface area contributed by atoms with Gasteiger partial charge in [-0.3, -0.25) is 10.3 Å². The highest BCUT2D eigenvalue weighted by molar-refractivity contribution is 6.32. The zero-order chi connectivity index (χ0) is 23.7. The van der Waals surface area contributed by atoms with Crippen LogP contribution in [0.3, 0.4) is 0 Å². The molecule has 0 bridgehead atoms. The molecule has 2 aromatic rings. The number of alkyl halides is 5. The van der Waals surface area contributed by atoms with Crippen LogP contribution in [-0.4, -0.2) is 36.6 Å². The van der Waals surface area contributed by atoms with Gasteiger partial charge in [0.2, 0.25) is 5.88 Å². The number of nitrogens with two attached hydrogens (primary N) is 1. The van der Waals surface area contributed by atoms with Crippen LogP contribution >= 0.6 is 11.6 Å². The Balaban J connectivity index is 1.83. The first kappa shape index (κ1) is 23.6.